The number of aromatic nitrogens is 2. The van der Waals surface area contributed by atoms with Gasteiger partial charge in [-0.3, -0.25) is 0 Å². The number of nitrogens with zero attached hydrogens (tertiary/aromatic N) is 3. The topological polar surface area (TPSA) is 41.1 Å². The Bertz CT molecular complexity index is 333. The van der Waals surface area contributed by atoms with Crippen LogP contribution in [0.3, 0.4) is 0 Å². The standard InChI is InChI=1S/C12H22N4S/c1-3-6-11-14-12(17-15-11)13-10(2)9-16-7-4-5-8-16/h10H,3-9H2,1-2H3,(H,13,14,15). The van der Waals surface area contributed by atoms with Gasteiger partial charge in [-0.05, 0) is 39.3 Å². The lowest BCUT2D eigenvalue weighted by Gasteiger charge is -2.20. The molecule has 0 aromatic carbocycles. The Balaban J connectivity index is 1.78. The number of hydrogen-bond acceptors (Lipinski definition) is 5. The van der Waals surface area contributed by atoms with E-state index >= 15 is 0 Å². The monoisotopic (exact) mass is 254 g/mol. The summed E-state index contributed by atoms with van der Waals surface area (Å²) in [4.78, 5) is 7.01. The summed E-state index contributed by atoms with van der Waals surface area (Å²) in [6.45, 7) is 8.00. The van der Waals surface area contributed by atoms with Gasteiger partial charge in [-0.1, -0.05) is 6.92 Å². The second kappa shape index (κ2) is 6.31. The van der Waals surface area contributed by atoms with Crippen molar-refractivity contribution in [3.63, 3.8) is 0 Å². The molecule has 5 heteroatoms. The van der Waals surface area contributed by atoms with E-state index in [1.54, 1.807) is 0 Å². The summed E-state index contributed by atoms with van der Waals surface area (Å²) in [6, 6.07) is 0.454. The molecule has 1 aliphatic rings. The highest BCUT2D eigenvalue weighted by Crippen LogP contribution is 2.14. The lowest BCUT2D eigenvalue weighted by Crippen LogP contribution is -2.32. The Morgan fingerprint density at radius 1 is 1.41 bits per heavy atom. The van der Waals surface area contributed by atoms with Gasteiger partial charge < -0.3 is 10.2 Å². The molecule has 1 aromatic rings. The molecule has 1 N–H and O–H groups in total. The van der Waals surface area contributed by atoms with Crippen molar-refractivity contribution in [3.8, 4) is 0 Å². The van der Waals surface area contributed by atoms with E-state index in [4.69, 9.17) is 0 Å². The lowest BCUT2D eigenvalue weighted by atomic mass is 10.3. The number of anilines is 1. The lowest BCUT2D eigenvalue weighted by molar-refractivity contribution is 0.328. The molecule has 1 aromatic heterocycles. The van der Waals surface area contributed by atoms with Crippen LogP contribution in [0.2, 0.25) is 0 Å². The number of hydrogen-bond donors (Lipinski definition) is 1. The van der Waals surface area contributed by atoms with Crippen molar-refractivity contribution in [1.29, 1.82) is 0 Å². The fraction of sp³-hybridized carbons (Fsp3) is 0.833. The zero-order valence-corrected chi connectivity index (χ0v) is 11.6. The highest BCUT2D eigenvalue weighted by molar-refractivity contribution is 7.09. The van der Waals surface area contributed by atoms with Crippen LogP contribution in [0.1, 0.15) is 38.9 Å². The van der Waals surface area contributed by atoms with Crippen molar-refractivity contribution in [2.24, 2.45) is 0 Å². The molecule has 0 bridgehead atoms. The van der Waals surface area contributed by atoms with Crippen LogP contribution in [-0.2, 0) is 6.42 Å². The summed E-state index contributed by atoms with van der Waals surface area (Å²) in [5, 5.41) is 4.42. The summed E-state index contributed by atoms with van der Waals surface area (Å²) in [5.41, 5.74) is 0. The molecule has 1 atom stereocenters. The molecule has 0 amide bonds. The molecular weight excluding hydrogens is 232 g/mol. The SMILES string of the molecule is CCCc1nsc(NC(C)CN2CCCC2)n1. The fourth-order valence-electron chi connectivity index (χ4n) is 2.25. The average molecular weight is 254 g/mol. The molecule has 0 saturated carbocycles. The molecule has 96 valence electrons. The number of likely N-dealkylation sites (tertiary alicyclic amines) is 1. The Hall–Kier alpha value is -0.680. The first-order chi connectivity index (χ1) is 8.28. The van der Waals surface area contributed by atoms with Gasteiger partial charge in [0.05, 0.1) is 0 Å². The van der Waals surface area contributed by atoms with Crippen molar-refractivity contribution in [2.45, 2.75) is 45.6 Å². The largest absolute Gasteiger partial charge is 0.357 e. The van der Waals surface area contributed by atoms with Gasteiger partial charge in [0, 0.05) is 30.5 Å². The highest BCUT2D eigenvalue weighted by atomic mass is 32.1. The minimum atomic E-state index is 0.454. The smallest absolute Gasteiger partial charge is 0.202 e. The molecule has 17 heavy (non-hydrogen) atoms. The predicted molar refractivity (Wildman–Crippen MR) is 72.7 cm³/mol. The van der Waals surface area contributed by atoms with Crippen LogP contribution in [-0.4, -0.2) is 39.9 Å². The van der Waals surface area contributed by atoms with E-state index in [9.17, 15) is 0 Å². The van der Waals surface area contributed by atoms with Gasteiger partial charge in [-0.2, -0.15) is 4.37 Å². The zero-order valence-electron chi connectivity index (χ0n) is 10.8. The van der Waals surface area contributed by atoms with Gasteiger partial charge in [0.15, 0.2) is 0 Å². The van der Waals surface area contributed by atoms with E-state index in [1.165, 1.54) is 37.5 Å². The molecule has 2 heterocycles. The molecule has 0 radical (unpaired) electrons. The third kappa shape index (κ3) is 3.92. The Kier molecular flexibility index (Phi) is 4.74. The van der Waals surface area contributed by atoms with E-state index < -0.39 is 0 Å². The maximum atomic E-state index is 4.49. The first-order valence-electron chi connectivity index (χ1n) is 6.59. The van der Waals surface area contributed by atoms with Gasteiger partial charge in [0.25, 0.3) is 0 Å². The van der Waals surface area contributed by atoms with Gasteiger partial charge >= 0.3 is 0 Å². The third-order valence-corrected chi connectivity index (χ3v) is 3.73. The average Bonchev–Trinajstić information content (AvgIpc) is 2.91. The summed E-state index contributed by atoms with van der Waals surface area (Å²) in [5.74, 6) is 0.980. The van der Waals surface area contributed by atoms with Crippen molar-refractivity contribution >= 4 is 16.7 Å². The summed E-state index contributed by atoms with van der Waals surface area (Å²) >= 11 is 1.48. The number of rotatable bonds is 6. The maximum absolute atomic E-state index is 4.49. The van der Waals surface area contributed by atoms with E-state index in [0.717, 1.165) is 30.3 Å². The molecule has 1 aliphatic heterocycles. The molecule has 4 nitrogen and oxygen atoms in total. The summed E-state index contributed by atoms with van der Waals surface area (Å²) in [6.07, 6.45) is 4.80. The van der Waals surface area contributed by atoms with Crippen LogP contribution in [0.4, 0.5) is 5.13 Å². The van der Waals surface area contributed by atoms with Crippen LogP contribution >= 0.6 is 11.5 Å². The van der Waals surface area contributed by atoms with Gasteiger partial charge in [-0.15, -0.1) is 0 Å². The molecule has 1 unspecified atom stereocenters. The van der Waals surface area contributed by atoms with Gasteiger partial charge in [-0.25, -0.2) is 4.98 Å². The Labute approximate surface area is 108 Å². The normalized spacial score (nSPS) is 18.5. The molecule has 0 spiro atoms. The van der Waals surface area contributed by atoms with Crippen LogP contribution in [0.5, 0.6) is 0 Å². The minimum Gasteiger partial charge on any atom is -0.357 e. The Morgan fingerprint density at radius 3 is 2.88 bits per heavy atom. The highest BCUT2D eigenvalue weighted by Gasteiger charge is 2.15. The summed E-state index contributed by atoms with van der Waals surface area (Å²) < 4.78 is 4.35. The molecular formula is C12H22N4S. The first-order valence-corrected chi connectivity index (χ1v) is 7.36. The van der Waals surface area contributed by atoms with E-state index in [2.05, 4.69) is 33.4 Å². The van der Waals surface area contributed by atoms with Crippen molar-refractivity contribution in [3.05, 3.63) is 5.82 Å². The predicted octanol–water partition coefficient (Wildman–Crippen LogP) is 2.39. The van der Waals surface area contributed by atoms with E-state index in [1.807, 2.05) is 0 Å². The molecule has 1 fully saturated rings. The quantitative estimate of drug-likeness (QED) is 0.846. The second-order valence-electron chi connectivity index (χ2n) is 4.82. The van der Waals surface area contributed by atoms with E-state index in [-0.39, 0.29) is 0 Å². The van der Waals surface area contributed by atoms with E-state index in [0.29, 0.717) is 6.04 Å². The number of nitrogens with one attached hydrogen (secondary N) is 1. The zero-order chi connectivity index (χ0) is 12.1. The third-order valence-electron chi connectivity index (χ3n) is 3.04. The minimum absolute atomic E-state index is 0.454. The Morgan fingerprint density at radius 2 is 2.18 bits per heavy atom. The molecule has 1 saturated heterocycles. The first kappa shape index (κ1) is 12.8. The molecule has 2 rings (SSSR count). The van der Waals surface area contributed by atoms with Crippen molar-refractivity contribution < 1.29 is 0 Å². The van der Waals surface area contributed by atoms with Crippen LogP contribution in [0.15, 0.2) is 0 Å². The fourth-order valence-corrected chi connectivity index (χ4v) is 2.97. The maximum Gasteiger partial charge on any atom is 0.202 e. The summed E-state index contributed by atoms with van der Waals surface area (Å²) in [7, 11) is 0. The van der Waals surface area contributed by atoms with Crippen LogP contribution in [0.25, 0.3) is 0 Å². The van der Waals surface area contributed by atoms with Crippen molar-refractivity contribution in [1.82, 2.24) is 14.3 Å². The van der Waals surface area contributed by atoms with Gasteiger partial charge in [0.1, 0.15) is 5.82 Å². The van der Waals surface area contributed by atoms with Crippen LogP contribution in [0, 0.1) is 0 Å². The second-order valence-corrected chi connectivity index (χ2v) is 5.57. The van der Waals surface area contributed by atoms with Gasteiger partial charge in [0.2, 0.25) is 5.13 Å². The van der Waals surface area contributed by atoms with Crippen molar-refractivity contribution in [2.75, 3.05) is 25.0 Å². The van der Waals surface area contributed by atoms with Crippen LogP contribution < -0.4 is 5.32 Å². The molecule has 0 aliphatic carbocycles. The number of aryl methyl sites for hydroxylation is 1.